The van der Waals surface area contributed by atoms with Gasteiger partial charge in [0.05, 0.1) is 0 Å². The molecule has 0 heterocycles. The molecule has 0 spiro atoms. The van der Waals surface area contributed by atoms with Gasteiger partial charge in [-0.2, -0.15) is 0 Å². The van der Waals surface area contributed by atoms with Crippen LogP contribution in [0.25, 0.3) is 0 Å². The Morgan fingerprint density at radius 3 is 1.08 bits per heavy atom. The van der Waals surface area contributed by atoms with Gasteiger partial charge < -0.3 is 0 Å². The van der Waals surface area contributed by atoms with Crippen molar-refractivity contribution < 1.29 is 26.5 Å². The van der Waals surface area contributed by atoms with E-state index in [1.54, 1.807) is 91.0 Å². The van der Waals surface area contributed by atoms with Crippen molar-refractivity contribution in [2.75, 3.05) is 0 Å². The molecule has 3 aromatic carbocycles. The van der Waals surface area contributed by atoms with E-state index in [4.69, 9.17) is 13.6 Å². The molecule has 26 heavy (non-hydrogen) atoms. The average molecular weight is 392 g/mol. The zero-order valence-electron chi connectivity index (χ0n) is 13.6. The third-order valence-electron chi connectivity index (χ3n) is 3.27. The summed E-state index contributed by atoms with van der Waals surface area (Å²) in [5, 5.41) is 0. The van der Waals surface area contributed by atoms with Gasteiger partial charge in [-0.25, -0.2) is 0 Å². The van der Waals surface area contributed by atoms with Crippen LogP contribution in [0.1, 0.15) is 0 Å². The molecule has 0 aliphatic rings. The van der Waals surface area contributed by atoms with Crippen LogP contribution in [0.3, 0.4) is 0 Å². The van der Waals surface area contributed by atoms with E-state index >= 15 is 0 Å². The van der Waals surface area contributed by atoms with Crippen LogP contribution in [0.2, 0.25) is 0 Å². The first kappa shape index (κ1) is 18.2. The number of hydrogen-bond donors (Lipinski definition) is 1. The SMILES string of the molecule is O=S(=O)(O)[PH](Oc1ccccc1)(Oc1ccccc1)Oc1ccccc1. The Morgan fingerprint density at radius 2 is 0.846 bits per heavy atom. The van der Waals surface area contributed by atoms with Gasteiger partial charge in [0, 0.05) is 0 Å². The summed E-state index contributed by atoms with van der Waals surface area (Å²) in [6.07, 6.45) is 0. The number of rotatable bonds is 7. The van der Waals surface area contributed by atoms with Gasteiger partial charge in [0.2, 0.25) is 0 Å². The van der Waals surface area contributed by atoms with Crippen LogP contribution in [-0.2, 0) is 9.74 Å². The van der Waals surface area contributed by atoms with Crippen molar-refractivity contribution in [1.82, 2.24) is 0 Å². The molecule has 6 nitrogen and oxygen atoms in total. The zero-order valence-corrected chi connectivity index (χ0v) is 15.4. The maximum atomic E-state index is 12.3. The standard InChI is InChI=1S/C18H17O6PS/c19-26(20,21)25(22-16-10-4-1-5-11-16,23-17-12-6-2-7-13-17)24-18-14-8-3-9-15-18/h1-15,25H,(H,19,20,21). The molecule has 0 radical (unpaired) electrons. The Bertz CT molecular complexity index is 832. The number of benzene rings is 3. The van der Waals surface area contributed by atoms with Crippen LogP contribution >= 0.6 is 7.15 Å². The van der Waals surface area contributed by atoms with Crippen molar-refractivity contribution in [3.05, 3.63) is 91.0 Å². The third kappa shape index (κ3) is 4.32. The maximum absolute atomic E-state index is 12.3. The molecule has 3 aromatic rings. The van der Waals surface area contributed by atoms with E-state index in [0.717, 1.165) is 0 Å². The predicted octanol–water partition coefficient (Wildman–Crippen LogP) is 4.52. The molecule has 8 heteroatoms. The molecule has 0 atom stereocenters. The van der Waals surface area contributed by atoms with Crippen LogP contribution in [0.4, 0.5) is 0 Å². The van der Waals surface area contributed by atoms with Crippen LogP contribution in [0.5, 0.6) is 17.2 Å². The summed E-state index contributed by atoms with van der Waals surface area (Å²) in [6.45, 7) is 0. The van der Waals surface area contributed by atoms with Gasteiger partial charge in [-0.15, -0.1) is 0 Å². The van der Waals surface area contributed by atoms with E-state index in [-0.39, 0.29) is 17.2 Å². The second-order valence-electron chi connectivity index (χ2n) is 5.22. The molecule has 0 aliphatic carbocycles. The molecule has 0 saturated carbocycles. The summed E-state index contributed by atoms with van der Waals surface area (Å²) in [6, 6.07) is 24.6. The van der Waals surface area contributed by atoms with Crippen LogP contribution < -0.4 is 13.6 Å². The van der Waals surface area contributed by atoms with E-state index in [9.17, 15) is 13.0 Å². The van der Waals surface area contributed by atoms with Gasteiger partial charge in [-0.1, -0.05) is 0 Å². The molecule has 0 fully saturated rings. The fraction of sp³-hybridized carbons (Fsp3) is 0. The molecule has 3 rings (SSSR count). The Morgan fingerprint density at radius 1 is 0.577 bits per heavy atom. The summed E-state index contributed by atoms with van der Waals surface area (Å²) < 4.78 is 51.5. The first-order valence-corrected chi connectivity index (χ1v) is 11.6. The van der Waals surface area contributed by atoms with Crippen LogP contribution in [0, 0.1) is 0 Å². The van der Waals surface area contributed by atoms with Gasteiger partial charge in [0.1, 0.15) is 0 Å². The van der Waals surface area contributed by atoms with Crippen LogP contribution in [-0.4, -0.2) is 13.0 Å². The topological polar surface area (TPSA) is 82.1 Å². The van der Waals surface area contributed by atoms with Crippen molar-refractivity contribution >= 4 is 16.9 Å². The predicted molar refractivity (Wildman–Crippen MR) is 101 cm³/mol. The molecule has 0 unspecified atom stereocenters. The van der Waals surface area contributed by atoms with Crippen molar-refractivity contribution in [2.24, 2.45) is 0 Å². The van der Waals surface area contributed by atoms with Gasteiger partial charge in [-0.05, 0) is 0 Å². The van der Waals surface area contributed by atoms with Crippen molar-refractivity contribution in [2.45, 2.75) is 0 Å². The molecular weight excluding hydrogens is 375 g/mol. The van der Waals surface area contributed by atoms with Crippen LogP contribution in [0.15, 0.2) is 91.0 Å². The first-order chi connectivity index (χ1) is 12.5. The Kier molecular flexibility index (Phi) is 5.42. The Balaban J connectivity index is 2.07. The average Bonchev–Trinajstić information content (AvgIpc) is 2.63. The molecule has 0 aromatic heterocycles. The van der Waals surface area contributed by atoms with E-state index in [1.807, 2.05) is 0 Å². The van der Waals surface area contributed by atoms with Gasteiger partial charge in [0.15, 0.2) is 0 Å². The fourth-order valence-corrected chi connectivity index (χ4v) is 5.65. The second kappa shape index (κ2) is 7.74. The van der Waals surface area contributed by atoms with E-state index in [0.29, 0.717) is 0 Å². The fourth-order valence-electron chi connectivity index (χ4n) is 2.12. The quantitative estimate of drug-likeness (QED) is 0.470. The monoisotopic (exact) mass is 392 g/mol. The van der Waals surface area contributed by atoms with Gasteiger partial charge in [-0.3, -0.25) is 0 Å². The van der Waals surface area contributed by atoms with Crippen molar-refractivity contribution in [3.63, 3.8) is 0 Å². The number of hydrogen-bond acceptors (Lipinski definition) is 5. The van der Waals surface area contributed by atoms with Gasteiger partial charge in [0.25, 0.3) is 0 Å². The summed E-state index contributed by atoms with van der Waals surface area (Å²) in [4.78, 5) is 0. The minimum absolute atomic E-state index is 0.198. The molecule has 0 aliphatic heterocycles. The normalized spacial score (nSPS) is 12.2. The summed E-state index contributed by atoms with van der Waals surface area (Å²) in [5.74, 6) is 0.593. The van der Waals surface area contributed by atoms with Crippen molar-refractivity contribution in [1.29, 1.82) is 0 Å². The Labute approximate surface area is 152 Å². The van der Waals surface area contributed by atoms with Gasteiger partial charge >= 0.3 is 152 Å². The molecule has 0 saturated heterocycles. The molecule has 0 amide bonds. The third-order valence-corrected chi connectivity index (χ3v) is 8.01. The van der Waals surface area contributed by atoms with E-state index in [2.05, 4.69) is 0 Å². The van der Waals surface area contributed by atoms with Crippen molar-refractivity contribution in [3.8, 4) is 17.2 Å². The second-order valence-corrected chi connectivity index (χ2v) is 10.8. The summed E-state index contributed by atoms with van der Waals surface area (Å²) >= 11 is 0. The minimum atomic E-state index is -4.85. The molecule has 0 bridgehead atoms. The number of para-hydroxylation sites is 3. The molecular formula is C18H17O6PS. The zero-order chi connectivity index (χ0) is 18.5. The van der Waals surface area contributed by atoms with E-state index in [1.165, 1.54) is 0 Å². The van der Waals surface area contributed by atoms with E-state index < -0.39 is 16.9 Å². The summed E-state index contributed by atoms with van der Waals surface area (Å²) in [5.41, 5.74) is 0. The molecule has 1 N–H and O–H groups in total. The molecule has 136 valence electrons. The Hall–Kier alpha value is -2.60. The first-order valence-electron chi connectivity index (χ1n) is 7.68. The summed E-state index contributed by atoms with van der Waals surface area (Å²) in [7, 11) is -9.54.